The summed E-state index contributed by atoms with van der Waals surface area (Å²) in [4.78, 5) is 0. The van der Waals surface area contributed by atoms with Crippen molar-refractivity contribution in [1.82, 2.24) is 4.59 Å². The first-order valence-electron chi connectivity index (χ1n) is 7.03. The van der Waals surface area contributed by atoms with E-state index in [4.69, 9.17) is 11.6 Å². The Morgan fingerprint density at radius 2 is 1.68 bits per heavy atom. The third-order valence-electron chi connectivity index (χ3n) is 3.80. The minimum absolute atomic E-state index is 0.0245. The number of allylic oxidation sites excluding steroid dienone is 1. The summed E-state index contributed by atoms with van der Waals surface area (Å²) in [6.45, 7) is 0. The van der Waals surface area contributed by atoms with Gasteiger partial charge in [0.1, 0.15) is 13.1 Å². The molecular weight excluding hydrogens is 363 g/mol. The van der Waals surface area contributed by atoms with Gasteiger partial charge < -0.3 is 0 Å². The van der Waals surface area contributed by atoms with Crippen molar-refractivity contribution in [3.8, 4) is 11.1 Å². The predicted octanol–water partition coefficient (Wildman–Crippen LogP) is 5.23. The Balaban J connectivity index is 2.20. The molecule has 1 unspecified atom stereocenters. The van der Waals surface area contributed by atoms with Crippen molar-refractivity contribution < 1.29 is 22.0 Å². The molecule has 1 aliphatic heterocycles. The number of para-hydroxylation sites is 1. The summed E-state index contributed by atoms with van der Waals surface area (Å²) < 4.78 is 65.6. The van der Waals surface area contributed by atoms with E-state index in [2.05, 4.69) is 11.2 Å². The quantitative estimate of drug-likeness (QED) is 0.303. The summed E-state index contributed by atoms with van der Waals surface area (Å²) in [5, 5.41) is 3.75. The molecule has 2 aromatic rings. The van der Waals surface area contributed by atoms with Gasteiger partial charge >= 0.3 is 0 Å². The van der Waals surface area contributed by atoms with Crippen LogP contribution >= 0.6 is 11.6 Å². The van der Waals surface area contributed by atoms with Crippen molar-refractivity contribution in [2.75, 3.05) is 7.05 Å². The topological polar surface area (TPSA) is 12.4 Å². The summed E-state index contributed by atoms with van der Waals surface area (Å²) in [7, 11) is 1.43. The molecular formula is C17H10ClF5N2+. The summed E-state index contributed by atoms with van der Waals surface area (Å²) in [5.74, 6) is -4.32. The van der Waals surface area contributed by atoms with Crippen LogP contribution in [-0.4, -0.2) is 19.2 Å². The molecule has 0 saturated carbocycles. The molecule has 0 aliphatic carbocycles. The van der Waals surface area contributed by atoms with Crippen LogP contribution in [0.5, 0.6) is 0 Å². The number of alkyl halides is 2. The second kappa shape index (κ2) is 6.24. The van der Waals surface area contributed by atoms with E-state index in [1.54, 1.807) is 12.1 Å². The molecule has 0 aromatic heterocycles. The zero-order chi connectivity index (χ0) is 18.4. The molecule has 0 amide bonds. The van der Waals surface area contributed by atoms with Gasteiger partial charge in [0.15, 0.2) is 28.9 Å². The molecule has 25 heavy (non-hydrogen) atoms. The van der Waals surface area contributed by atoms with Gasteiger partial charge in [0, 0.05) is 11.6 Å². The number of nitrogens with zero attached hydrogens (tertiary/aromatic N) is 2. The molecule has 8 heteroatoms. The van der Waals surface area contributed by atoms with E-state index in [1.807, 2.05) is 0 Å². The van der Waals surface area contributed by atoms with Crippen LogP contribution in [-0.2, 0) is 0 Å². The highest BCUT2D eigenvalue weighted by atomic mass is 35.5. The first kappa shape index (κ1) is 17.6. The van der Waals surface area contributed by atoms with Gasteiger partial charge in [0.05, 0.1) is 0 Å². The predicted molar refractivity (Wildman–Crippen MR) is 85.5 cm³/mol. The Morgan fingerprint density at radius 3 is 2.24 bits per heavy atom. The maximum atomic E-state index is 13.6. The van der Waals surface area contributed by atoms with Crippen molar-refractivity contribution in [2.24, 2.45) is 5.10 Å². The van der Waals surface area contributed by atoms with E-state index in [9.17, 15) is 22.0 Å². The summed E-state index contributed by atoms with van der Waals surface area (Å²) in [6, 6.07) is 7.84. The molecule has 1 radical (unpaired) electrons. The van der Waals surface area contributed by atoms with Crippen LogP contribution in [0.15, 0.2) is 46.7 Å². The second-order valence-corrected chi connectivity index (χ2v) is 5.79. The fourth-order valence-corrected chi connectivity index (χ4v) is 2.79. The number of hydrogen-bond acceptors (Lipinski definition) is 1. The molecule has 0 N–H and O–H groups in total. The van der Waals surface area contributed by atoms with Gasteiger partial charge in [-0.3, -0.25) is 0 Å². The maximum absolute atomic E-state index is 13.6. The lowest BCUT2D eigenvalue weighted by atomic mass is 10.0. The molecule has 0 bridgehead atoms. The van der Waals surface area contributed by atoms with E-state index in [0.29, 0.717) is 0 Å². The molecule has 1 atom stereocenters. The first-order chi connectivity index (χ1) is 11.7. The molecule has 1 heterocycles. The van der Waals surface area contributed by atoms with Gasteiger partial charge in [-0.1, -0.05) is 17.2 Å². The molecule has 0 saturated heterocycles. The highest BCUT2D eigenvalue weighted by molar-refractivity contribution is 6.32. The summed E-state index contributed by atoms with van der Waals surface area (Å²) >= 11 is 6.06. The monoisotopic (exact) mass is 372 g/mol. The SMILES string of the molecule is C[N+]1(c2ccccc2-c2cc(F)c(F)c(F)c2)N=C(C(F)F)[C]=C1Cl. The first-order valence-corrected chi connectivity index (χ1v) is 7.41. The van der Waals surface area contributed by atoms with E-state index in [1.165, 1.54) is 19.2 Å². The second-order valence-electron chi connectivity index (χ2n) is 5.43. The normalized spacial score (nSPS) is 20.0. The number of hydrogen-bond donors (Lipinski definition) is 0. The van der Waals surface area contributed by atoms with Gasteiger partial charge in [0.2, 0.25) is 5.16 Å². The van der Waals surface area contributed by atoms with Crippen molar-refractivity contribution in [3.63, 3.8) is 0 Å². The number of benzene rings is 2. The Labute approximate surface area is 145 Å². The van der Waals surface area contributed by atoms with E-state index >= 15 is 0 Å². The zero-order valence-corrected chi connectivity index (χ0v) is 13.5. The van der Waals surface area contributed by atoms with E-state index in [-0.39, 0.29) is 22.0 Å². The molecule has 129 valence electrons. The highest BCUT2D eigenvalue weighted by Gasteiger charge is 2.41. The van der Waals surface area contributed by atoms with E-state index in [0.717, 1.165) is 12.1 Å². The van der Waals surface area contributed by atoms with Crippen molar-refractivity contribution >= 4 is 23.0 Å². The highest BCUT2D eigenvalue weighted by Crippen LogP contribution is 2.41. The third-order valence-corrected chi connectivity index (χ3v) is 4.22. The van der Waals surface area contributed by atoms with Crippen LogP contribution in [0.25, 0.3) is 11.1 Å². The third kappa shape index (κ3) is 2.94. The number of rotatable bonds is 3. The van der Waals surface area contributed by atoms with Gasteiger partial charge in [-0.2, -0.15) is 0 Å². The van der Waals surface area contributed by atoms with E-state index < -0.39 is 34.2 Å². The molecule has 2 aromatic carbocycles. The number of quaternary nitrogens is 1. The molecule has 2 nitrogen and oxygen atoms in total. The van der Waals surface area contributed by atoms with Gasteiger partial charge in [0.25, 0.3) is 6.43 Å². The van der Waals surface area contributed by atoms with Crippen molar-refractivity contribution in [1.29, 1.82) is 0 Å². The van der Waals surface area contributed by atoms with Crippen LogP contribution in [0.2, 0.25) is 0 Å². The fraction of sp³-hybridized carbons (Fsp3) is 0.118. The van der Waals surface area contributed by atoms with Gasteiger partial charge in [-0.05, 0) is 35.4 Å². The average molecular weight is 373 g/mol. The molecule has 0 fully saturated rings. The molecule has 1 aliphatic rings. The van der Waals surface area contributed by atoms with Crippen LogP contribution in [0, 0.1) is 23.5 Å². The van der Waals surface area contributed by atoms with Crippen molar-refractivity contribution in [2.45, 2.75) is 6.43 Å². The van der Waals surface area contributed by atoms with Gasteiger partial charge in [-0.25, -0.2) is 22.0 Å². The largest absolute Gasteiger partial charge is 0.286 e. The fourth-order valence-electron chi connectivity index (χ4n) is 2.57. The standard InChI is InChI=1S/C17H10ClF5N2/c1-25(15(18)8-13(24-25)17(22)23)14-5-3-2-4-10(14)9-6-11(19)16(21)12(20)7-9/h2-7,17H,1H3/q+1. The lowest BCUT2D eigenvalue weighted by Gasteiger charge is -2.25. The molecule has 3 rings (SSSR count). The zero-order valence-electron chi connectivity index (χ0n) is 12.7. The minimum Gasteiger partial charge on any atom is -0.204 e. The Bertz CT molecular complexity index is 887. The average Bonchev–Trinajstić information content (AvgIpc) is 2.89. The smallest absolute Gasteiger partial charge is 0.204 e. The summed E-state index contributed by atoms with van der Waals surface area (Å²) in [6.07, 6.45) is -0.574. The Kier molecular flexibility index (Phi) is 4.38. The molecule has 0 spiro atoms. The Morgan fingerprint density at radius 1 is 1.08 bits per heavy atom. The van der Waals surface area contributed by atoms with Crippen LogP contribution < -0.4 is 4.59 Å². The minimum atomic E-state index is -2.87. The lowest BCUT2D eigenvalue weighted by Crippen LogP contribution is -2.35. The van der Waals surface area contributed by atoms with Crippen molar-refractivity contribution in [3.05, 3.63) is 65.1 Å². The summed E-state index contributed by atoms with van der Waals surface area (Å²) in [5.41, 5.74) is -0.0571. The maximum Gasteiger partial charge on any atom is 0.286 e. The van der Waals surface area contributed by atoms with Crippen LogP contribution in [0.1, 0.15) is 0 Å². The van der Waals surface area contributed by atoms with Crippen LogP contribution in [0.4, 0.5) is 27.6 Å². The van der Waals surface area contributed by atoms with Crippen LogP contribution in [0.3, 0.4) is 0 Å². The number of halogens is 6. The van der Waals surface area contributed by atoms with Gasteiger partial charge in [-0.15, -0.1) is 4.59 Å². The Hall–Kier alpha value is -2.25. The lowest BCUT2D eigenvalue weighted by molar-refractivity contribution is 0.225.